The Morgan fingerprint density at radius 1 is 1.00 bits per heavy atom. The van der Waals surface area contributed by atoms with Crippen molar-refractivity contribution in [3.8, 4) is 11.1 Å². The van der Waals surface area contributed by atoms with Crippen LogP contribution < -0.4 is 5.32 Å². The van der Waals surface area contributed by atoms with Crippen molar-refractivity contribution >= 4 is 22.5 Å². The molecule has 0 spiro atoms. The molecule has 0 fully saturated rings. The first-order valence-electron chi connectivity index (χ1n) is 12.0. The first-order chi connectivity index (χ1) is 17.5. The molecule has 3 aromatic carbocycles. The lowest BCUT2D eigenvalue weighted by Crippen LogP contribution is -2.30. The van der Waals surface area contributed by atoms with Crippen LogP contribution in [0.3, 0.4) is 0 Å². The van der Waals surface area contributed by atoms with Gasteiger partial charge in [-0.3, -0.25) is 14.3 Å². The SMILES string of the molecule is CC(=O)c1ccc(CCN[C@@H](C(=O)c2c[nH]c3cc(-c4cnn(C)c4)ccc23)c2ccccc2)cc1. The van der Waals surface area contributed by atoms with Crippen LogP contribution in [0.1, 0.15) is 44.8 Å². The highest BCUT2D eigenvalue weighted by atomic mass is 16.1. The van der Waals surface area contributed by atoms with Gasteiger partial charge in [0.1, 0.15) is 0 Å². The number of H-pyrrole nitrogens is 1. The van der Waals surface area contributed by atoms with Crippen molar-refractivity contribution in [2.24, 2.45) is 7.05 Å². The van der Waals surface area contributed by atoms with E-state index in [1.54, 1.807) is 17.8 Å². The Bertz CT molecular complexity index is 1510. The van der Waals surface area contributed by atoms with Gasteiger partial charge in [-0.25, -0.2) is 0 Å². The number of fused-ring (bicyclic) bond motifs is 1. The molecule has 180 valence electrons. The normalized spacial score (nSPS) is 12.1. The molecule has 0 aliphatic rings. The lowest BCUT2D eigenvalue weighted by atomic mass is 9.96. The van der Waals surface area contributed by atoms with Gasteiger partial charge < -0.3 is 10.3 Å². The Morgan fingerprint density at radius 2 is 1.78 bits per heavy atom. The average Bonchev–Trinajstić information content (AvgIpc) is 3.53. The molecule has 2 aromatic heterocycles. The molecular weight excluding hydrogens is 448 g/mol. The number of carbonyl (C=O) groups is 2. The second-order valence-electron chi connectivity index (χ2n) is 9.03. The van der Waals surface area contributed by atoms with Crippen LogP contribution >= 0.6 is 0 Å². The second kappa shape index (κ2) is 10.1. The van der Waals surface area contributed by atoms with Gasteiger partial charge in [-0.2, -0.15) is 5.10 Å². The lowest BCUT2D eigenvalue weighted by molar-refractivity contribution is 0.0944. The number of carbonyl (C=O) groups excluding carboxylic acids is 2. The smallest absolute Gasteiger partial charge is 0.186 e. The third-order valence-electron chi connectivity index (χ3n) is 6.50. The molecule has 2 N–H and O–H groups in total. The summed E-state index contributed by atoms with van der Waals surface area (Å²) in [6.07, 6.45) is 6.35. The van der Waals surface area contributed by atoms with Gasteiger partial charge in [0.2, 0.25) is 0 Å². The number of rotatable bonds is 9. The highest BCUT2D eigenvalue weighted by molar-refractivity contribution is 6.11. The number of aromatic amines is 1. The Hall–Kier alpha value is -4.29. The molecule has 1 atom stereocenters. The fourth-order valence-corrected chi connectivity index (χ4v) is 4.51. The molecule has 36 heavy (non-hydrogen) atoms. The summed E-state index contributed by atoms with van der Waals surface area (Å²) in [4.78, 5) is 28.6. The van der Waals surface area contributed by atoms with Crippen molar-refractivity contribution in [1.82, 2.24) is 20.1 Å². The van der Waals surface area contributed by atoms with Gasteiger partial charge in [-0.15, -0.1) is 0 Å². The zero-order valence-corrected chi connectivity index (χ0v) is 20.4. The first kappa shape index (κ1) is 23.5. The van der Waals surface area contributed by atoms with Crippen molar-refractivity contribution in [3.63, 3.8) is 0 Å². The molecule has 5 rings (SSSR count). The summed E-state index contributed by atoms with van der Waals surface area (Å²) in [5, 5.41) is 8.63. The minimum absolute atomic E-state index is 0.0218. The van der Waals surface area contributed by atoms with Gasteiger partial charge in [0, 0.05) is 53.6 Å². The standard InChI is InChI=1S/C30H28N4O2/c1-20(35)22-10-8-21(9-11-22)14-15-31-29(23-6-4-3-5-7-23)30(36)27-18-32-28-16-24(12-13-26(27)28)25-17-33-34(2)19-25/h3-13,16-19,29,31-32H,14-15H2,1-2H3/t29-/m1/s1. The van der Waals surface area contributed by atoms with E-state index in [1.165, 1.54) is 0 Å². The number of benzene rings is 3. The summed E-state index contributed by atoms with van der Waals surface area (Å²) in [6.45, 7) is 2.19. The number of hydrogen-bond donors (Lipinski definition) is 2. The van der Waals surface area contributed by atoms with Crippen LogP contribution in [0, 0.1) is 0 Å². The van der Waals surface area contributed by atoms with E-state index in [0.717, 1.165) is 39.6 Å². The molecule has 0 amide bonds. The molecule has 0 aliphatic carbocycles. The quantitative estimate of drug-likeness (QED) is 0.274. The number of aromatic nitrogens is 3. The number of nitrogens with zero attached hydrogens (tertiary/aromatic N) is 2. The van der Waals surface area contributed by atoms with Crippen LogP contribution in [0.25, 0.3) is 22.0 Å². The lowest BCUT2D eigenvalue weighted by Gasteiger charge is -2.18. The Balaban J connectivity index is 1.37. The van der Waals surface area contributed by atoms with Crippen LogP contribution in [0.2, 0.25) is 0 Å². The number of aryl methyl sites for hydroxylation is 1. The third-order valence-corrected chi connectivity index (χ3v) is 6.50. The number of hydrogen-bond acceptors (Lipinski definition) is 4. The maximum absolute atomic E-state index is 13.8. The van der Waals surface area contributed by atoms with Crippen molar-refractivity contribution in [2.45, 2.75) is 19.4 Å². The van der Waals surface area contributed by atoms with Crippen LogP contribution in [-0.2, 0) is 13.5 Å². The van der Waals surface area contributed by atoms with Gasteiger partial charge in [0.15, 0.2) is 11.6 Å². The van der Waals surface area contributed by atoms with E-state index >= 15 is 0 Å². The molecular formula is C30H28N4O2. The Labute approximate surface area is 210 Å². The van der Waals surface area contributed by atoms with Crippen LogP contribution in [0.5, 0.6) is 0 Å². The molecule has 0 radical (unpaired) electrons. The second-order valence-corrected chi connectivity index (χ2v) is 9.03. The molecule has 0 saturated carbocycles. The minimum Gasteiger partial charge on any atom is -0.360 e. The third kappa shape index (κ3) is 4.90. The highest BCUT2D eigenvalue weighted by Crippen LogP contribution is 2.28. The van der Waals surface area contributed by atoms with Crippen LogP contribution in [-0.4, -0.2) is 32.9 Å². The van der Waals surface area contributed by atoms with E-state index in [-0.39, 0.29) is 11.6 Å². The monoisotopic (exact) mass is 476 g/mol. The number of nitrogens with one attached hydrogen (secondary N) is 2. The topological polar surface area (TPSA) is 79.8 Å². The van der Waals surface area contributed by atoms with Gasteiger partial charge >= 0.3 is 0 Å². The molecule has 0 bridgehead atoms. The molecule has 0 unspecified atom stereocenters. The molecule has 6 heteroatoms. The van der Waals surface area contributed by atoms with E-state index in [1.807, 2.05) is 86.2 Å². The van der Waals surface area contributed by atoms with E-state index in [4.69, 9.17) is 0 Å². The van der Waals surface area contributed by atoms with Gasteiger partial charge in [-0.1, -0.05) is 66.7 Å². The maximum Gasteiger partial charge on any atom is 0.186 e. The van der Waals surface area contributed by atoms with Crippen molar-refractivity contribution in [3.05, 3.63) is 114 Å². The number of ketones is 2. The van der Waals surface area contributed by atoms with Crippen molar-refractivity contribution < 1.29 is 9.59 Å². The van der Waals surface area contributed by atoms with Gasteiger partial charge in [0.05, 0.1) is 12.2 Å². The zero-order chi connectivity index (χ0) is 25.1. The summed E-state index contributed by atoms with van der Waals surface area (Å²) in [6, 6.07) is 23.1. The molecule has 6 nitrogen and oxygen atoms in total. The zero-order valence-electron chi connectivity index (χ0n) is 20.4. The molecule has 0 aliphatic heterocycles. The average molecular weight is 477 g/mol. The van der Waals surface area contributed by atoms with E-state index in [0.29, 0.717) is 17.7 Å². The Kier molecular flexibility index (Phi) is 6.60. The van der Waals surface area contributed by atoms with Crippen molar-refractivity contribution in [1.29, 1.82) is 0 Å². The van der Waals surface area contributed by atoms with E-state index in [2.05, 4.69) is 21.5 Å². The largest absolute Gasteiger partial charge is 0.360 e. The molecule has 5 aromatic rings. The van der Waals surface area contributed by atoms with E-state index < -0.39 is 6.04 Å². The summed E-state index contributed by atoms with van der Waals surface area (Å²) in [7, 11) is 1.89. The maximum atomic E-state index is 13.8. The van der Waals surface area contributed by atoms with Gasteiger partial charge in [-0.05, 0) is 36.1 Å². The summed E-state index contributed by atoms with van der Waals surface area (Å²) in [5.74, 6) is 0.0780. The first-order valence-corrected chi connectivity index (χ1v) is 12.0. The molecule has 2 heterocycles. The summed E-state index contributed by atoms with van der Waals surface area (Å²) < 4.78 is 1.77. The van der Waals surface area contributed by atoms with E-state index in [9.17, 15) is 9.59 Å². The van der Waals surface area contributed by atoms with Crippen molar-refractivity contribution in [2.75, 3.05) is 6.54 Å². The fraction of sp³-hybridized carbons (Fsp3) is 0.167. The summed E-state index contributed by atoms with van der Waals surface area (Å²) >= 11 is 0. The highest BCUT2D eigenvalue weighted by Gasteiger charge is 2.24. The fourth-order valence-electron chi connectivity index (χ4n) is 4.51. The molecule has 0 saturated heterocycles. The van der Waals surface area contributed by atoms with Crippen LogP contribution in [0.4, 0.5) is 0 Å². The predicted octanol–water partition coefficient (Wildman–Crippen LogP) is 5.53. The number of Topliss-reactive ketones (excluding diaryl/α,β-unsaturated/α-hetero) is 2. The predicted molar refractivity (Wildman–Crippen MR) is 142 cm³/mol. The Morgan fingerprint density at radius 3 is 2.47 bits per heavy atom. The summed E-state index contributed by atoms with van der Waals surface area (Å²) in [5.41, 5.74) is 6.40. The minimum atomic E-state index is -0.473. The van der Waals surface area contributed by atoms with Gasteiger partial charge in [0.25, 0.3) is 0 Å². The van der Waals surface area contributed by atoms with Crippen LogP contribution in [0.15, 0.2) is 91.4 Å².